The van der Waals surface area contributed by atoms with Crippen LogP contribution in [0.2, 0.25) is 0 Å². The van der Waals surface area contributed by atoms with Crippen molar-refractivity contribution in [3.8, 4) is 17.2 Å². The van der Waals surface area contributed by atoms with E-state index in [-0.39, 0.29) is 17.9 Å². The van der Waals surface area contributed by atoms with Crippen LogP contribution in [0.5, 0.6) is 0 Å². The molecule has 2 unspecified atom stereocenters. The lowest BCUT2D eigenvalue weighted by Gasteiger charge is -2.56. The van der Waals surface area contributed by atoms with Gasteiger partial charge in [-0.1, -0.05) is 48.5 Å². The summed E-state index contributed by atoms with van der Waals surface area (Å²) in [6, 6.07) is 19.4. The van der Waals surface area contributed by atoms with Gasteiger partial charge in [-0.2, -0.15) is 5.26 Å². The van der Waals surface area contributed by atoms with E-state index in [1.165, 1.54) is 16.7 Å². The Morgan fingerprint density at radius 3 is 2.62 bits per heavy atom. The summed E-state index contributed by atoms with van der Waals surface area (Å²) in [5.41, 5.74) is 4.39. The molecule has 0 bridgehead atoms. The zero-order valence-electron chi connectivity index (χ0n) is 11.4. The molecule has 2 aromatic rings. The van der Waals surface area contributed by atoms with Gasteiger partial charge < -0.3 is 4.74 Å². The van der Waals surface area contributed by atoms with Crippen LogP contribution >= 0.6 is 0 Å². The van der Waals surface area contributed by atoms with Gasteiger partial charge in [-0.15, -0.1) is 0 Å². The van der Waals surface area contributed by atoms with Crippen LogP contribution in [0, 0.1) is 17.2 Å². The zero-order valence-corrected chi connectivity index (χ0v) is 11.4. The van der Waals surface area contributed by atoms with Crippen LogP contribution in [-0.2, 0) is 10.2 Å². The molecule has 0 amide bonds. The Labute approximate surface area is 123 Å². The summed E-state index contributed by atoms with van der Waals surface area (Å²) in [4.78, 5) is 0. The Hall–Kier alpha value is -2.53. The Bertz CT molecular complexity index is 831. The van der Waals surface area contributed by atoms with Crippen LogP contribution in [0.15, 0.2) is 60.9 Å². The number of hydrogen-bond donors (Lipinski definition) is 0. The maximum Gasteiger partial charge on any atom is 0.115 e. The molecule has 0 radical (unpaired) electrons. The van der Waals surface area contributed by atoms with E-state index in [0.29, 0.717) is 0 Å². The molecule has 1 heterocycles. The van der Waals surface area contributed by atoms with Gasteiger partial charge in [0, 0.05) is 11.8 Å². The second kappa shape index (κ2) is 3.56. The topological polar surface area (TPSA) is 33.0 Å². The highest BCUT2D eigenvalue weighted by atomic mass is 16.5. The van der Waals surface area contributed by atoms with Crippen LogP contribution in [0.25, 0.3) is 11.1 Å². The summed E-state index contributed by atoms with van der Waals surface area (Å²) in [7, 11) is 0. The van der Waals surface area contributed by atoms with Gasteiger partial charge >= 0.3 is 0 Å². The fourth-order valence-electron chi connectivity index (χ4n) is 4.53. The van der Waals surface area contributed by atoms with Crippen molar-refractivity contribution in [2.24, 2.45) is 5.92 Å². The molecule has 5 rings (SSSR count). The van der Waals surface area contributed by atoms with Crippen molar-refractivity contribution in [1.82, 2.24) is 0 Å². The van der Waals surface area contributed by atoms with E-state index >= 15 is 0 Å². The molecule has 0 N–H and O–H groups in total. The highest BCUT2D eigenvalue weighted by Crippen LogP contribution is 2.66. The van der Waals surface area contributed by atoms with Crippen LogP contribution in [0.1, 0.15) is 17.0 Å². The molecule has 4 atom stereocenters. The average Bonchev–Trinajstić information content (AvgIpc) is 2.95. The number of rotatable bonds is 0. The summed E-state index contributed by atoms with van der Waals surface area (Å²) in [6.45, 7) is 0. The number of nitrogens with zero attached hydrogens (tertiary/aromatic N) is 1. The summed E-state index contributed by atoms with van der Waals surface area (Å²) in [5, 5.41) is 10.1. The monoisotopic (exact) mass is 271 g/mol. The van der Waals surface area contributed by atoms with E-state index in [1.807, 2.05) is 6.07 Å². The third-order valence-electron chi connectivity index (χ3n) is 5.36. The van der Waals surface area contributed by atoms with Gasteiger partial charge in [0.15, 0.2) is 0 Å². The Morgan fingerprint density at radius 1 is 1.00 bits per heavy atom. The molecule has 0 spiro atoms. The maximum atomic E-state index is 10.1. The molecule has 3 aliphatic rings. The van der Waals surface area contributed by atoms with Crippen molar-refractivity contribution in [3.63, 3.8) is 0 Å². The van der Waals surface area contributed by atoms with Crippen molar-refractivity contribution >= 4 is 0 Å². The molecule has 1 saturated carbocycles. The molecular weight excluding hydrogens is 258 g/mol. The Morgan fingerprint density at radius 2 is 1.76 bits per heavy atom. The Balaban J connectivity index is 1.89. The molecule has 1 aliphatic heterocycles. The maximum absolute atomic E-state index is 10.1. The van der Waals surface area contributed by atoms with E-state index < -0.39 is 5.41 Å². The third-order valence-corrected chi connectivity index (χ3v) is 5.36. The van der Waals surface area contributed by atoms with Gasteiger partial charge in [0.05, 0.1) is 12.3 Å². The summed E-state index contributed by atoms with van der Waals surface area (Å²) in [5.74, 6) is 0.301. The van der Waals surface area contributed by atoms with Crippen molar-refractivity contribution in [1.29, 1.82) is 5.26 Å². The first kappa shape index (κ1) is 11.2. The molecule has 21 heavy (non-hydrogen) atoms. The number of nitriles is 1. The first-order chi connectivity index (χ1) is 10.4. The van der Waals surface area contributed by atoms with E-state index in [0.717, 1.165) is 5.56 Å². The first-order valence-corrected chi connectivity index (χ1v) is 7.30. The quantitative estimate of drug-likeness (QED) is 0.731. The predicted octanol–water partition coefficient (Wildman–Crippen LogP) is 3.75. The lowest BCUT2D eigenvalue weighted by molar-refractivity contribution is -0.0211. The second-order valence-corrected chi connectivity index (χ2v) is 6.05. The van der Waals surface area contributed by atoms with Gasteiger partial charge in [0.1, 0.15) is 11.5 Å². The number of hydrogen-bond acceptors (Lipinski definition) is 2. The molecule has 2 aromatic carbocycles. The standard InChI is InChI=1S/C19H13NO/c20-11-19-15-8-4-3-6-13(15)12-5-1-2-7-14(12)17(19)18-16(19)9-10-21-18/h1-10,16-18H/t16?,17-,18?,19+/m0/s1. The highest BCUT2D eigenvalue weighted by Gasteiger charge is 2.68. The molecule has 2 nitrogen and oxygen atoms in total. The van der Waals surface area contributed by atoms with Gasteiger partial charge in [-0.05, 0) is 28.3 Å². The molecule has 1 fully saturated rings. The molecule has 2 heteroatoms. The van der Waals surface area contributed by atoms with E-state index in [9.17, 15) is 5.26 Å². The smallest absolute Gasteiger partial charge is 0.115 e. The number of ether oxygens (including phenoxy) is 1. The first-order valence-electron chi connectivity index (χ1n) is 7.30. The van der Waals surface area contributed by atoms with E-state index in [1.54, 1.807) is 6.26 Å². The third kappa shape index (κ3) is 1.07. The predicted molar refractivity (Wildman–Crippen MR) is 79.4 cm³/mol. The summed E-state index contributed by atoms with van der Waals surface area (Å²) < 4.78 is 5.79. The lowest BCUT2D eigenvalue weighted by Crippen LogP contribution is -2.60. The van der Waals surface area contributed by atoms with E-state index in [4.69, 9.17) is 4.74 Å². The van der Waals surface area contributed by atoms with E-state index in [2.05, 4.69) is 54.6 Å². The lowest BCUT2D eigenvalue weighted by atomic mass is 9.44. The van der Waals surface area contributed by atoms with Crippen LogP contribution in [-0.4, -0.2) is 6.10 Å². The van der Waals surface area contributed by atoms with Crippen LogP contribution in [0.3, 0.4) is 0 Å². The number of benzene rings is 2. The minimum atomic E-state index is -0.470. The molecule has 0 saturated heterocycles. The molecule has 2 aliphatic carbocycles. The van der Waals surface area contributed by atoms with Gasteiger partial charge in [-0.3, -0.25) is 0 Å². The van der Waals surface area contributed by atoms with Crippen LogP contribution < -0.4 is 0 Å². The van der Waals surface area contributed by atoms with Crippen molar-refractivity contribution in [2.45, 2.75) is 17.4 Å². The zero-order chi connectivity index (χ0) is 14.0. The fourth-order valence-corrected chi connectivity index (χ4v) is 4.53. The number of fused-ring (bicyclic) bond motifs is 9. The molecule has 100 valence electrons. The summed E-state index contributed by atoms with van der Waals surface area (Å²) >= 11 is 0. The van der Waals surface area contributed by atoms with Crippen molar-refractivity contribution in [3.05, 3.63) is 72.0 Å². The van der Waals surface area contributed by atoms with Crippen molar-refractivity contribution in [2.75, 3.05) is 0 Å². The normalized spacial score (nSPS) is 33.6. The van der Waals surface area contributed by atoms with Gasteiger partial charge in [-0.25, -0.2) is 0 Å². The average molecular weight is 271 g/mol. The highest BCUT2D eigenvalue weighted by molar-refractivity contribution is 5.79. The van der Waals surface area contributed by atoms with Crippen LogP contribution in [0.4, 0.5) is 0 Å². The second-order valence-electron chi connectivity index (χ2n) is 6.05. The van der Waals surface area contributed by atoms with Gasteiger partial charge in [0.2, 0.25) is 0 Å². The van der Waals surface area contributed by atoms with Crippen molar-refractivity contribution < 1.29 is 4.74 Å². The molecular formula is C19H13NO. The minimum absolute atomic E-state index is 0.110. The largest absolute Gasteiger partial charge is 0.497 e. The summed E-state index contributed by atoms with van der Waals surface area (Å²) in [6.07, 6.45) is 3.95. The SMILES string of the molecule is N#C[C@]12c3ccccc3-c3ccccc3[C@H]1C1OC=CC12. The minimum Gasteiger partial charge on any atom is -0.497 e. The Kier molecular flexibility index (Phi) is 1.89. The molecule has 0 aromatic heterocycles. The van der Waals surface area contributed by atoms with Gasteiger partial charge in [0.25, 0.3) is 0 Å². The fraction of sp³-hybridized carbons (Fsp3) is 0.211.